The van der Waals surface area contributed by atoms with E-state index in [2.05, 4.69) is 13.0 Å². The third kappa shape index (κ3) is 1.32. The van der Waals surface area contributed by atoms with E-state index in [9.17, 15) is 0 Å². The molecule has 0 saturated carbocycles. The van der Waals surface area contributed by atoms with E-state index in [4.69, 9.17) is 9.52 Å². The van der Waals surface area contributed by atoms with Crippen LogP contribution in [0.4, 0.5) is 0 Å². The van der Waals surface area contributed by atoms with Crippen molar-refractivity contribution < 1.29 is 9.52 Å². The molecule has 2 rings (SSSR count). The molecule has 0 saturated heterocycles. The van der Waals surface area contributed by atoms with Crippen LogP contribution in [0.25, 0.3) is 11.0 Å². The largest absolute Gasteiger partial charge is 0.461 e. The molecule has 2 aromatic rings. The lowest BCUT2D eigenvalue weighted by atomic mass is 10.1. The maximum atomic E-state index is 8.91. The highest BCUT2D eigenvalue weighted by Crippen LogP contribution is 2.27. The molecule has 0 fully saturated rings. The van der Waals surface area contributed by atoms with E-state index in [1.165, 1.54) is 5.56 Å². The van der Waals surface area contributed by atoms with Crippen LogP contribution in [0.3, 0.4) is 0 Å². The number of aliphatic hydroxyl groups excluding tert-OH is 1. The van der Waals surface area contributed by atoms with Gasteiger partial charge in [0.15, 0.2) is 0 Å². The first-order chi connectivity index (χ1) is 6.74. The molecule has 0 aliphatic heterocycles. The Morgan fingerprint density at radius 1 is 1.29 bits per heavy atom. The van der Waals surface area contributed by atoms with Crippen LogP contribution >= 0.6 is 0 Å². The van der Waals surface area contributed by atoms with Crippen LogP contribution in [0, 0.1) is 13.8 Å². The van der Waals surface area contributed by atoms with Gasteiger partial charge in [0, 0.05) is 12.0 Å². The van der Waals surface area contributed by atoms with Crippen LogP contribution in [-0.2, 0) is 6.42 Å². The van der Waals surface area contributed by atoms with Gasteiger partial charge in [-0.05, 0) is 31.4 Å². The van der Waals surface area contributed by atoms with Crippen molar-refractivity contribution in [2.45, 2.75) is 20.3 Å². The Morgan fingerprint density at radius 2 is 2.07 bits per heavy atom. The molecule has 0 atom stereocenters. The smallest absolute Gasteiger partial charge is 0.137 e. The van der Waals surface area contributed by atoms with E-state index >= 15 is 0 Å². The summed E-state index contributed by atoms with van der Waals surface area (Å²) in [4.78, 5) is 0. The van der Waals surface area contributed by atoms with Gasteiger partial charge >= 0.3 is 0 Å². The lowest BCUT2D eigenvalue weighted by Gasteiger charge is -1.98. The van der Waals surface area contributed by atoms with E-state index in [-0.39, 0.29) is 6.61 Å². The molecular formula is C12H14O2. The van der Waals surface area contributed by atoms with Crippen LogP contribution < -0.4 is 0 Å². The van der Waals surface area contributed by atoms with Crippen LogP contribution in [-0.4, -0.2) is 11.7 Å². The van der Waals surface area contributed by atoms with Gasteiger partial charge in [0.05, 0.1) is 0 Å². The summed E-state index contributed by atoms with van der Waals surface area (Å²) in [6, 6.07) is 6.07. The number of rotatable bonds is 2. The molecule has 2 nitrogen and oxygen atoms in total. The number of furan rings is 1. The fourth-order valence-corrected chi connectivity index (χ4v) is 1.74. The first-order valence-corrected chi connectivity index (χ1v) is 4.82. The second-order valence-corrected chi connectivity index (χ2v) is 3.55. The summed E-state index contributed by atoms with van der Waals surface area (Å²) in [6.45, 7) is 4.19. The van der Waals surface area contributed by atoms with Crippen molar-refractivity contribution in [3.63, 3.8) is 0 Å². The minimum Gasteiger partial charge on any atom is -0.461 e. The lowest BCUT2D eigenvalue weighted by Crippen LogP contribution is -1.90. The molecule has 1 heterocycles. The zero-order valence-corrected chi connectivity index (χ0v) is 8.50. The topological polar surface area (TPSA) is 33.4 Å². The van der Waals surface area contributed by atoms with E-state index in [1.54, 1.807) is 0 Å². The zero-order valence-electron chi connectivity index (χ0n) is 8.50. The molecule has 0 radical (unpaired) electrons. The number of aryl methyl sites for hydroxylation is 2. The third-order valence-electron chi connectivity index (χ3n) is 2.66. The van der Waals surface area contributed by atoms with Gasteiger partial charge in [-0.3, -0.25) is 0 Å². The maximum absolute atomic E-state index is 8.91. The number of aliphatic hydroxyl groups is 1. The summed E-state index contributed by atoms with van der Waals surface area (Å²) >= 11 is 0. The molecule has 14 heavy (non-hydrogen) atoms. The van der Waals surface area contributed by atoms with Gasteiger partial charge in [-0.25, -0.2) is 0 Å². The van der Waals surface area contributed by atoms with Crippen molar-refractivity contribution in [2.75, 3.05) is 6.61 Å². The van der Waals surface area contributed by atoms with E-state index < -0.39 is 0 Å². The van der Waals surface area contributed by atoms with Crippen molar-refractivity contribution in [3.05, 3.63) is 35.1 Å². The van der Waals surface area contributed by atoms with Crippen LogP contribution in [0.2, 0.25) is 0 Å². The highest BCUT2D eigenvalue weighted by Gasteiger charge is 2.09. The molecule has 0 aliphatic carbocycles. The van der Waals surface area contributed by atoms with Crippen LogP contribution in [0.5, 0.6) is 0 Å². The maximum Gasteiger partial charge on any atom is 0.137 e. The SMILES string of the molecule is Cc1oc2c(CCO)cccc2c1C. The summed E-state index contributed by atoms with van der Waals surface area (Å²) in [5, 5.41) is 10.1. The first-order valence-electron chi connectivity index (χ1n) is 4.82. The minimum atomic E-state index is 0.165. The molecule has 0 unspecified atom stereocenters. The van der Waals surface area contributed by atoms with Gasteiger partial charge in [0.2, 0.25) is 0 Å². The number of benzene rings is 1. The number of para-hydroxylation sites is 1. The van der Waals surface area contributed by atoms with Gasteiger partial charge < -0.3 is 9.52 Å². The Hall–Kier alpha value is -1.28. The summed E-state index contributed by atoms with van der Waals surface area (Å²) in [5.74, 6) is 0.963. The van der Waals surface area contributed by atoms with Gasteiger partial charge in [0.1, 0.15) is 11.3 Å². The first kappa shape index (κ1) is 9.28. The molecule has 1 aromatic carbocycles. The van der Waals surface area contributed by atoms with Crippen LogP contribution in [0.1, 0.15) is 16.9 Å². The number of hydrogen-bond donors (Lipinski definition) is 1. The summed E-state index contributed by atoms with van der Waals surface area (Å²) in [7, 11) is 0. The van der Waals surface area contributed by atoms with Gasteiger partial charge in [-0.15, -0.1) is 0 Å². The molecule has 74 valence electrons. The molecule has 2 heteroatoms. The van der Waals surface area contributed by atoms with Gasteiger partial charge in [-0.2, -0.15) is 0 Å². The fraction of sp³-hybridized carbons (Fsp3) is 0.333. The molecule has 0 bridgehead atoms. The molecule has 0 spiro atoms. The number of hydrogen-bond acceptors (Lipinski definition) is 2. The van der Waals surface area contributed by atoms with Crippen molar-refractivity contribution in [1.82, 2.24) is 0 Å². The molecule has 0 aliphatic rings. The van der Waals surface area contributed by atoms with E-state index in [1.807, 2.05) is 19.1 Å². The Kier molecular flexibility index (Phi) is 2.30. The van der Waals surface area contributed by atoms with Crippen molar-refractivity contribution in [2.24, 2.45) is 0 Å². The monoisotopic (exact) mass is 190 g/mol. The van der Waals surface area contributed by atoms with Gasteiger partial charge in [0.25, 0.3) is 0 Å². The minimum absolute atomic E-state index is 0.165. The lowest BCUT2D eigenvalue weighted by molar-refractivity contribution is 0.299. The number of fused-ring (bicyclic) bond motifs is 1. The predicted molar refractivity (Wildman–Crippen MR) is 56.5 cm³/mol. The Morgan fingerprint density at radius 3 is 2.79 bits per heavy atom. The summed E-state index contributed by atoms with van der Waals surface area (Å²) < 4.78 is 5.67. The van der Waals surface area contributed by atoms with Crippen molar-refractivity contribution in [3.8, 4) is 0 Å². The second-order valence-electron chi connectivity index (χ2n) is 3.55. The highest BCUT2D eigenvalue weighted by molar-refractivity contribution is 5.84. The summed E-state index contributed by atoms with van der Waals surface area (Å²) in [5.41, 5.74) is 3.21. The normalized spacial score (nSPS) is 11.1. The second kappa shape index (κ2) is 3.46. The summed E-state index contributed by atoms with van der Waals surface area (Å²) in [6.07, 6.45) is 0.656. The van der Waals surface area contributed by atoms with Gasteiger partial charge in [-0.1, -0.05) is 18.2 Å². The van der Waals surface area contributed by atoms with Crippen molar-refractivity contribution in [1.29, 1.82) is 0 Å². The van der Waals surface area contributed by atoms with E-state index in [0.29, 0.717) is 6.42 Å². The highest BCUT2D eigenvalue weighted by atomic mass is 16.3. The average molecular weight is 190 g/mol. The third-order valence-corrected chi connectivity index (χ3v) is 2.66. The molecule has 1 aromatic heterocycles. The zero-order chi connectivity index (χ0) is 10.1. The Labute approximate surface area is 83.2 Å². The molecular weight excluding hydrogens is 176 g/mol. The Balaban J connectivity index is 2.68. The standard InChI is InChI=1S/C12H14O2/c1-8-9(2)14-12-10(6-7-13)4-3-5-11(8)12/h3-5,13H,6-7H2,1-2H3. The van der Waals surface area contributed by atoms with E-state index in [0.717, 1.165) is 22.3 Å². The van der Waals surface area contributed by atoms with Crippen LogP contribution in [0.15, 0.2) is 22.6 Å². The average Bonchev–Trinajstić information content (AvgIpc) is 2.46. The Bertz CT molecular complexity index is 455. The van der Waals surface area contributed by atoms with Crippen molar-refractivity contribution >= 4 is 11.0 Å². The predicted octanol–water partition coefficient (Wildman–Crippen LogP) is 2.58. The molecule has 0 amide bonds. The quantitative estimate of drug-likeness (QED) is 0.789. The molecule has 1 N–H and O–H groups in total. The fourth-order valence-electron chi connectivity index (χ4n) is 1.74.